The standard InChI is InChI=1S/C16H30N2O3/c1-12(2)9-18(10-13(3)4)15(19)11-17-7-5-14(6-8-17)16(20)21/h12-14H,5-11H2,1-4H3,(H,20,21). The minimum Gasteiger partial charge on any atom is -0.481 e. The van der Waals surface area contributed by atoms with E-state index in [1.165, 1.54) is 0 Å². The molecule has 1 aliphatic rings. The Labute approximate surface area is 128 Å². The molecule has 1 fully saturated rings. The number of carbonyl (C=O) groups is 2. The van der Waals surface area contributed by atoms with Crippen molar-refractivity contribution in [1.82, 2.24) is 9.80 Å². The topological polar surface area (TPSA) is 60.9 Å². The van der Waals surface area contributed by atoms with Crippen molar-refractivity contribution in [3.05, 3.63) is 0 Å². The van der Waals surface area contributed by atoms with Crippen molar-refractivity contribution < 1.29 is 14.7 Å². The molecule has 0 unspecified atom stereocenters. The lowest BCUT2D eigenvalue weighted by Crippen LogP contribution is -2.46. The molecular weight excluding hydrogens is 268 g/mol. The predicted molar refractivity (Wildman–Crippen MR) is 83.1 cm³/mol. The molecular formula is C16H30N2O3. The largest absolute Gasteiger partial charge is 0.481 e. The third-order valence-corrected chi connectivity index (χ3v) is 3.82. The first kappa shape index (κ1) is 18.0. The van der Waals surface area contributed by atoms with E-state index < -0.39 is 5.97 Å². The Kier molecular flexibility index (Phi) is 7.15. The van der Waals surface area contributed by atoms with Gasteiger partial charge < -0.3 is 10.0 Å². The van der Waals surface area contributed by atoms with Crippen LogP contribution in [0.1, 0.15) is 40.5 Å². The lowest BCUT2D eigenvalue weighted by Gasteiger charge is -2.33. The molecule has 0 saturated carbocycles. The van der Waals surface area contributed by atoms with Gasteiger partial charge in [-0.2, -0.15) is 0 Å². The first-order valence-corrected chi connectivity index (χ1v) is 8.02. The molecule has 0 spiro atoms. The van der Waals surface area contributed by atoms with E-state index in [1.54, 1.807) is 0 Å². The zero-order valence-electron chi connectivity index (χ0n) is 13.8. The molecule has 1 N–H and O–H groups in total. The molecule has 0 bridgehead atoms. The van der Waals surface area contributed by atoms with Crippen molar-refractivity contribution in [3.63, 3.8) is 0 Å². The molecule has 0 aromatic rings. The molecule has 0 radical (unpaired) electrons. The second-order valence-electron chi connectivity index (χ2n) is 6.98. The number of likely N-dealkylation sites (tertiary alicyclic amines) is 1. The molecule has 1 aliphatic heterocycles. The average Bonchev–Trinajstić information content (AvgIpc) is 2.37. The first-order chi connectivity index (χ1) is 9.79. The Hall–Kier alpha value is -1.10. The number of hydrogen-bond acceptors (Lipinski definition) is 3. The SMILES string of the molecule is CC(C)CN(CC(C)C)C(=O)CN1CCC(C(=O)O)CC1. The van der Waals surface area contributed by atoms with Gasteiger partial charge in [0.15, 0.2) is 0 Å². The fraction of sp³-hybridized carbons (Fsp3) is 0.875. The van der Waals surface area contributed by atoms with Crippen molar-refractivity contribution in [2.45, 2.75) is 40.5 Å². The summed E-state index contributed by atoms with van der Waals surface area (Å²) < 4.78 is 0. The van der Waals surface area contributed by atoms with Crippen LogP contribution < -0.4 is 0 Å². The van der Waals surface area contributed by atoms with Crippen LogP contribution in [0.3, 0.4) is 0 Å². The van der Waals surface area contributed by atoms with Gasteiger partial charge >= 0.3 is 5.97 Å². The Bertz CT molecular complexity index is 337. The summed E-state index contributed by atoms with van der Waals surface area (Å²) in [7, 11) is 0. The number of nitrogens with zero attached hydrogens (tertiary/aromatic N) is 2. The summed E-state index contributed by atoms with van der Waals surface area (Å²) in [5.41, 5.74) is 0. The van der Waals surface area contributed by atoms with E-state index in [2.05, 4.69) is 32.6 Å². The number of rotatable bonds is 7. The van der Waals surface area contributed by atoms with Crippen molar-refractivity contribution in [2.75, 3.05) is 32.7 Å². The van der Waals surface area contributed by atoms with Crippen molar-refractivity contribution >= 4 is 11.9 Å². The number of carboxylic acid groups (broad SMARTS) is 1. The molecule has 5 heteroatoms. The van der Waals surface area contributed by atoms with E-state index in [1.807, 2.05) is 4.90 Å². The summed E-state index contributed by atoms with van der Waals surface area (Å²) in [6, 6.07) is 0. The fourth-order valence-electron chi connectivity index (χ4n) is 2.79. The Balaban J connectivity index is 2.48. The van der Waals surface area contributed by atoms with Crippen LogP contribution in [-0.2, 0) is 9.59 Å². The minimum absolute atomic E-state index is 0.172. The van der Waals surface area contributed by atoms with Crippen LogP contribution >= 0.6 is 0 Å². The molecule has 1 amide bonds. The van der Waals surface area contributed by atoms with Gasteiger partial charge in [0.05, 0.1) is 12.5 Å². The maximum atomic E-state index is 12.5. The Morgan fingerprint density at radius 3 is 1.95 bits per heavy atom. The molecule has 0 aliphatic carbocycles. The van der Waals surface area contributed by atoms with Crippen molar-refractivity contribution in [3.8, 4) is 0 Å². The van der Waals surface area contributed by atoms with Gasteiger partial charge in [-0.15, -0.1) is 0 Å². The highest BCUT2D eigenvalue weighted by molar-refractivity contribution is 5.78. The lowest BCUT2D eigenvalue weighted by molar-refractivity contribution is -0.143. The molecule has 1 heterocycles. The highest BCUT2D eigenvalue weighted by Gasteiger charge is 2.26. The fourth-order valence-corrected chi connectivity index (χ4v) is 2.79. The van der Waals surface area contributed by atoms with Crippen molar-refractivity contribution in [2.24, 2.45) is 17.8 Å². The minimum atomic E-state index is -0.706. The van der Waals surface area contributed by atoms with E-state index in [0.29, 0.717) is 44.3 Å². The number of aliphatic carboxylic acids is 1. The molecule has 5 nitrogen and oxygen atoms in total. The van der Waals surface area contributed by atoms with Crippen LogP contribution in [0, 0.1) is 17.8 Å². The summed E-state index contributed by atoms with van der Waals surface area (Å²) in [6.07, 6.45) is 1.30. The third-order valence-electron chi connectivity index (χ3n) is 3.82. The molecule has 0 aromatic heterocycles. The summed E-state index contributed by atoms with van der Waals surface area (Å²) in [5.74, 6) is 0.156. The predicted octanol–water partition coefficient (Wildman–Crippen LogP) is 1.92. The zero-order valence-corrected chi connectivity index (χ0v) is 13.8. The maximum absolute atomic E-state index is 12.5. The van der Waals surface area contributed by atoms with Gasteiger partial charge in [-0.05, 0) is 37.8 Å². The van der Waals surface area contributed by atoms with Crippen molar-refractivity contribution in [1.29, 1.82) is 0 Å². The average molecular weight is 298 g/mol. The van der Waals surface area contributed by atoms with Crippen LogP contribution in [0.25, 0.3) is 0 Å². The number of hydrogen-bond donors (Lipinski definition) is 1. The third kappa shape index (κ3) is 6.46. The number of carboxylic acids is 1. The number of amides is 1. The van der Waals surface area contributed by atoms with Gasteiger partial charge in [0, 0.05) is 13.1 Å². The smallest absolute Gasteiger partial charge is 0.306 e. The summed E-state index contributed by atoms with van der Waals surface area (Å²) in [6.45, 7) is 11.9. The Morgan fingerprint density at radius 1 is 1.10 bits per heavy atom. The maximum Gasteiger partial charge on any atom is 0.306 e. The van der Waals surface area contributed by atoms with Crippen LogP contribution in [0.5, 0.6) is 0 Å². The van der Waals surface area contributed by atoms with Crippen LogP contribution in [-0.4, -0.2) is 59.5 Å². The molecule has 0 aromatic carbocycles. The van der Waals surface area contributed by atoms with Gasteiger partial charge in [-0.3, -0.25) is 14.5 Å². The molecule has 1 rings (SSSR count). The van der Waals surface area contributed by atoms with Gasteiger partial charge in [0.2, 0.25) is 5.91 Å². The van der Waals surface area contributed by atoms with Gasteiger partial charge in [0.1, 0.15) is 0 Å². The van der Waals surface area contributed by atoms with Crippen LogP contribution in [0.2, 0.25) is 0 Å². The lowest BCUT2D eigenvalue weighted by atomic mass is 9.97. The summed E-state index contributed by atoms with van der Waals surface area (Å²) >= 11 is 0. The highest BCUT2D eigenvalue weighted by Crippen LogP contribution is 2.17. The van der Waals surface area contributed by atoms with E-state index >= 15 is 0 Å². The summed E-state index contributed by atoms with van der Waals surface area (Å²) in [4.78, 5) is 27.5. The van der Waals surface area contributed by atoms with E-state index in [9.17, 15) is 9.59 Å². The van der Waals surface area contributed by atoms with Gasteiger partial charge in [-0.1, -0.05) is 27.7 Å². The molecule has 1 saturated heterocycles. The normalized spacial score (nSPS) is 17.4. The second-order valence-corrected chi connectivity index (χ2v) is 6.98. The van der Waals surface area contributed by atoms with E-state index in [4.69, 9.17) is 5.11 Å². The van der Waals surface area contributed by atoms with E-state index in [-0.39, 0.29) is 11.8 Å². The first-order valence-electron chi connectivity index (χ1n) is 8.02. The zero-order chi connectivity index (χ0) is 16.0. The quantitative estimate of drug-likeness (QED) is 0.780. The number of piperidine rings is 1. The monoisotopic (exact) mass is 298 g/mol. The van der Waals surface area contributed by atoms with Gasteiger partial charge in [0.25, 0.3) is 0 Å². The van der Waals surface area contributed by atoms with Gasteiger partial charge in [-0.25, -0.2) is 0 Å². The molecule has 0 atom stereocenters. The second kappa shape index (κ2) is 8.37. The highest BCUT2D eigenvalue weighted by atomic mass is 16.4. The van der Waals surface area contributed by atoms with Crippen LogP contribution in [0.15, 0.2) is 0 Å². The van der Waals surface area contributed by atoms with E-state index in [0.717, 1.165) is 13.1 Å². The molecule has 21 heavy (non-hydrogen) atoms. The Morgan fingerprint density at radius 2 is 1.57 bits per heavy atom. The summed E-state index contributed by atoms with van der Waals surface area (Å²) in [5, 5.41) is 9.00. The number of carbonyl (C=O) groups excluding carboxylic acids is 1. The van der Waals surface area contributed by atoms with Crippen LogP contribution in [0.4, 0.5) is 0 Å². The molecule has 122 valence electrons.